The first-order valence-corrected chi connectivity index (χ1v) is 8.06. The van der Waals surface area contributed by atoms with Gasteiger partial charge < -0.3 is 10.3 Å². The summed E-state index contributed by atoms with van der Waals surface area (Å²) in [5, 5.41) is 3.40. The molecule has 1 aliphatic heterocycles. The molecule has 1 aliphatic rings. The van der Waals surface area contributed by atoms with Crippen molar-refractivity contribution in [3.8, 4) is 0 Å². The van der Waals surface area contributed by atoms with Crippen LogP contribution in [0, 0.1) is 5.92 Å². The number of H-pyrrole nitrogens is 1. The third kappa shape index (κ3) is 4.64. The van der Waals surface area contributed by atoms with E-state index >= 15 is 0 Å². The van der Waals surface area contributed by atoms with Gasteiger partial charge >= 0.3 is 0 Å². The summed E-state index contributed by atoms with van der Waals surface area (Å²) in [7, 11) is 0. The third-order valence-corrected chi connectivity index (χ3v) is 3.38. The third-order valence-electron chi connectivity index (χ3n) is 3.38. The van der Waals surface area contributed by atoms with Crippen LogP contribution in [0.5, 0.6) is 0 Å². The highest BCUT2D eigenvalue weighted by Crippen LogP contribution is 2.18. The molecule has 1 fully saturated rings. The first-order valence-electron chi connectivity index (χ1n) is 8.06. The van der Waals surface area contributed by atoms with Crippen molar-refractivity contribution in [2.45, 2.75) is 47.0 Å². The Morgan fingerprint density at radius 1 is 1.05 bits per heavy atom. The van der Waals surface area contributed by atoms with E-state index in [0.29, 0.717) is 0 Å². The SMILES string of the molecule is CC.CC.c1ccc2[nH]c(CC3CCNCC3)nc2c1. The maximum absolute atomic E-state index is 4.63. The van der Waals surface area contributed by atoms with Crippen LogP contribution in [0.4, 0.5) is 0 Å². The van der Waals surface area contributed by atoms with E-state index in [0.717, 1.165) is 42.3 Å². The molecule has 20 heavy (non-hydrogen) atoms. The Kier molecular flexibility index (Phi) is 7.97. The van der Waals surface area contributed by atoms with Gasteiger partial charge in [0.15, 0.2) is 0 Å². The summed E-state index contributed by atoms with van der Waals surface area (Å²) in [6.45, 7) is 10.3. The standard InChI is InChI=1S/C13H17N3.2C2H6/c1-2-4-12-11(3-1)15-13(16-12)9-10-5-7-14-8-6-10;2*1-2/h1-4,10,14H,5-9H2,(H,15,16);2*1-2H3. The second kappa shape index (κ2) is 9.54. The molecule has 2 aromatic rings. The van der Waals surface area contributed by atoms with Gasteiger partial charge in [0.2, 0.25) is 0 Å². The average molecular weight is 275 g/mol. The number of piperidine rings is 1. The van der Waals surface area contributed by atoms with Crippen molar-refractivity contribution in [1.29, 1.82) is 0 Å². The number of aromatic amines is 1. The highest BCUT2D eigenvalue weighted by Gasteiger charge is 2.15. The number of fused-ring (bicyclic) bond motifs is 1. The fraction of sp³-hybridized carbons (Fsp3) is 0.588. The van der Waals surface area contributed by atoms with Gasteiger partial charge in [-0.1, -0.05) is 39.8 Å². The lowest BCUT2D eigenvalue weighted by Gasteiger charge is -2.21. The zero-order chi connectivity index (χ0) is 14.8. The lowest BCUT2D eigenvalue weighted by molar-refractivity contribution is 0.368. The van der Waals surface area contributed by atoms with E-state index < -0.39 is 0 Å². The Bertz CT molecular complexity index is 437. The van der Waals surface area contributed by atoms with Crippen molar-refractivity contribution < 1.29 is 0 Å². The minimum Gasteiger partial charge on any atom is -0.342 e. The molecule has 0 amide bonds. The fourth-order valence-electron chi connectivity index (χ4n) is 2.46. The van der Waals surface area contributed by atoms with Crippen molar-refractivity contribution in [1.82, 2.24) is 15.3 Å². The minimum absolute atomic E-state index is 0.793. The predicted octanol–water partition coefficient (Wildman–Crippen LogP) is 4.16. The number of rotatable bonds is 2. The molecule has 3 nitrogen and oxygen atoms in total. The van der Waals surface area contributed by atoms with Crippen LogP contribution in [0.15, 0.2) is 24.3 Å². The van der Waals surface area contributed by atoms with E-state index in [1.165, 1.54) is 12.8 Å². The Hall–Kier alpha value is -1.35. The van der Waals surface area contributed by atoms with E-state index in [1.54, 1.807) is 0 Å². The molecule has 0 unspecified atom stereocenters. The molecule has 3 heteroatoms. The predicted molar refractivity (Wildman–Crippen MR) is 88.1 cm³/mol. The average Bonchev–Trinajstić information content (AvgIpc) is 2.94. The van der Waals surface area contributed by atoms with Crippen LogP contribution in [-0.4, -0.2) is 23.1 Å². The molecule has 0 spiro atoms. The van der Waals surface area contributed by atoms with Gasteiger partial charge in [0, 0.05) is 6.42 Å². The second-order valence-electron chi connectivity index (χ2n) is 4.60. The van der Waals surface area contributed by atoms with E-state index in [1.807, 2.05) is 33.8 Å². The summed E-state index contributed by atoms with van der Waals surface area (Å²) in [6, 6.07) is 8.25. The van der Waals surface area contributed by atoms with Crippen molar-refractivity contribution in [2.24, 2.45) is 5.92 Å². The van der Waals surface area contributed by atoms with Crippen LogP contribution < -0.4 is 5.32 Å². The van der Waals surface area contributed by atoms with Crippen molar-refractivity contribution >= 4 is 11.0 Å². The molecule has 1 aromatic carbocycles. The van der Waals surface area contributed by atoms with E-state index in [4.69, 9.17) is 0 Å². The van der Waals surface area contributed by atoms with E-state index in [2.05, 4.69) is 33.5 Å². The van der Waals surface area contributed by atoms with E-state index in [-0.39, 0.29) is 0 Å². The van der Waals surface area contributed by atoms with Crippen molar-refractivity contribution in [2.75, 3.05) is 13.1 Å². The Morgan fingerprint density at radius 3 is 2.35 bits per heavy atom. The summed E-state index contributed by atoms with van der Waals surface area (Å²) in [4.78, 5) is 8.04. The molecule has 112 valence electrons. The van der Waals surface area contributed by atoms with Crippen LogP contribution in [0.1, 0.15) is 46.4 Å². The summed E-state index contributed by atoms with van der Waals surface area (Å²) in [5.74, 6) is 1.94. The molecule has 1 aromatic heterocycles. The lowest BCUT2D eigenvalue weighted by atomic mass is 9.94. The van der Waals surface area contributed by atoms with Crippen LogP contribution in [0.2, 0.25) is 0 Å². The summed E-state index contributed by atoms with van der Waals surface area (Å²) in [6.07, 6.45) is 3.64. The maximum atomic E-state index is 4.63. The normalized spacial score (nSPS) is 15.0. The van der Waals surface area contributed by atoms with Gasteiger partial charge in [0.05, 0.1) is 11.0 Å². The number of para-hydroxylation sites is 2. The quantitative estimate of drug-likeness (QED) is 0.864. The second-order valence-corrected chi connectivity index (χ2v) is 4.60. The number of aromatic nitrogens is 2. The molecule has 0 atom stereocenters. The minimum atomic E-state index is 0.793. The molecular formula is C17H29N3. The molecular weight excluding hydrogens is 246 g/mol. The summed E-state index contributed by atoms with van der Waals surface area (Å²) in [5.41, 5.74) is 2.25. The van der Waals surface area contributed by atoms with Crippen LogP contribution in [0.25, 0.3) is 11.0 Å². The molecule has 2 N–H and O–H groups in total. The Morgan fingerprint density at radius 2 is 1.70 bits per heavy atom. The van der Waals surface area contributed by atoms with Crippen LogP contribution in [-0.2, 0) is 6.42 Å². The van der Waals surface area contributed by atoms with Crippen LogP contribution in [0.3, 0.4) is 0 Å². The summed E-state index contributed by atoms with van der Waals surface area (Å²) < 4.78 is 0. The topological polar surface area (TPSA) is 40.7 Å². The summed E-state index contributed by atoms with van der Waals surface area (Å²) >= 11 is 0. The van der Waals surface area contributed by atoms with Gasteiger partial charge in [-0.15, -0.1) is 0 Å². The number of nitrogens with zero attached hydrogens (tertiary/aromatic N) is 1. The van der Waals surface area contributed by atoms with Gasteiger partial charge in [-0.3, -0.25) is 0 Å². The number of hydrogen-bond acceptors (Lipinski definition) is 2. The number of benzene rings is 1. The fourth-order valence-corrected chi connectivity index (χ4v) is 2.46. The Labute approximate surface area is 123 Å². The number of imidazole rings is 1. The van der Waals surface area contributed by atoms with Gasteiger partial charge in [0.1, 0.15) is 5.82 Å². The monoisotopic (exact) mass is 275 g/mol. The molecule has 1 saturated heterocycles. The molecule has 0 saturated carbocycles. The smallest absolute Gasteiger partial charge is 0.107 e. The van der Waals surface area contributed by atoms with Gasteiger partial charge in [0.25, 0.3) is 0 Å². The molecule has 0 radical (unpaired) electrons. The van der Waals surface area contributed by atoms with Gasteiger partial charge in [-0.2, -0.15) is 0 Å². The lowest BCUT2D eigenvalue weighted by Crippen LogP contribution is -2.28. The molecule has 3 rings (SSSR count). The Balaban J connectivity index is 0.000000461. The van der Waals surface area contributed by atoms with Crippen LogP contribution >= 0.6 is 0 Å². The largest absolute Gasteiger partial charge is 0.342 e. The van der Waals surface area contributed by atoms with Gasteiger partial charge in [-0.05, 0) is 44.0 Å². The molecule has 0 aliphatic carbocycles. The van der Waals surface area contributed by atoms with E-state index in [9.17, 15) is 0 Å². The highest BCUT2D eigenvalue weighted by molar-refractivity contribution is 5.74. The zero-order valence-corrected chi connectivity index (χ0v) is 13.4. The molecule has 0 bridgehead atoms. The van der Waals surface area contributed by atoms with Crippen molar-refractivity contribution in [3.05, 3.63) is 30.1 Å². The van der Waals surface area contributed by atoms with Gasteiger partial charge in [-0.25, -0.2) is 4.98 Å². The highest BCUT2D eigenvalue weighted by atomic mass is 14.9. The zero-order valence-electron chi connectivity index (χ0n) is 13.4. The first-order chi connectivity index (χ1) is 9.92. The molecule has 2 heterocycles. The number of hydrogen-bond donors (Lipinski definition) is 2. The maximum Gasteiger partial charge on any atom is 0.107 e. The van der Waals surface area contributed by atoms with Crippen molar-refractivity contribution in [3.63, 3.8) is 0 Å². The number of nitrogens with one attached hydrogen (secondary N) is 2. The first kappa shape index (κ1) is 16.7.